The van der Waals surface area contributed by atoms with Crippen LogP contribution in [0.25, 0.3) is 0 Å². The van der Waals surface area contributed by atoms with Crippen LogP contribution in [-0.2, 0) is 9.47 Å². The van der Waals surface area contributed by atoms with Crippen LogP contribution in [0.2, 0.25) is 0 Å². The molecular formula is C16H27ClN4O3. The monoisotopic (exact) mass is 358 g/mol. The van der Waals surface area contributed by atoms with Crippen LogP contribution < -0.4 is 10.6 Å². The summed E-state index contributed by atoms with van der Waals surface area (Å²) in [5.41, 5.74) is 0.464. The maximum atomic E-state index is 12.3. The van der Waals surface area contributed by atoms with Crippen LogP contribution in [0.15, 0.2) is 12.3 Å². The Morgan fingerprint density at radius 1 is 1.58 bits per heavy atom. The van der Waals surface area contributed by atoms with Crippen LogP contribution in [0.1, 0.15) is 42.7 Å². The van der Waals surface area contributed by atoms with Crippen LogP contribution in [0.3, 0.4) is 0 Å². The fourth-order valence-corrected chi connectivity index (χ4v) is 2.99. The standard InChI is InChI=1S/C16H26N4O3.ClH/c1-12(10-23-14-5-8-22-11-14)18-16(21)15-4-7-20(19-15)13-3-2-6-17-9-13;/h4,7,12-14,17H,2-3,5-6,8-11H2,1H3,(H,18,21);1H. The second kappa shape index (κ2) is 9.36. The van der Waals surface area contributed by atoms with Crippen LogP contribution in [0, 0.1) is 0 Å². The molecule has 1 aromatic heterocycles. The third kappa shape index (κ3) is 5.17. The molecule has 1 amide bonds. The van der Waals surface area contributed by atoms with Crippen molar-refractivity contribution in [1.82, 2.24) is 20.4 Å². The first-order valence-electron chi connectivity index (χ1n) is 8.48. The molecule has 0 bridgehead atoms. The molecule has 8 heteroatoms. The van der Waals surface area contributed by atoms with Crippen molar-refractivity contribution in [3.8, 4) is 0 Å². The van der Waals surface area contributed by atoms with Gasteiger partial charge in [0.25, 0.3) is 5.91 Å². The van der Waals surface area contributed by atoms with Crippen LogP contribution in [0.5, 0.6) is 0 Å². The summed E-state index contributed by atoms with van der Waals surface area (Å²) >= 11 is 0. The molecule has 3 heterocycles. The molecule has 7 nitrogen and oxygen atoms in total. The number of rotatable bonds is 6. The Labute approximate surface area is 148 Å². The average Bonchev–Trinajstić information content (AvgIpc) is 3.25. The van der Waals surface area contributed by atoms with Gasteiger partial charge in [0.2, 0.25) is 0 Å². The molecule has 2 fully saturated rings. The second-order valence-electron chi connectivity index (χ2n) is 6.37. The zero-order chi connectivity index (χ0) is 16.1. The summed E-state index contributed by atoms with van der Waals surface area (Å²) in [6.07, 6.45) is 5.23. The summed E-state index contributed by atoms with van der Waals surface area (Å²) in [4.78, 5) is 12.3. The predicted octanol–water partition coefficient (Wildman–Crippen LogP) is 1.15. The highest BCUT2D eigenvalue weighted by Gasteiger charge is 2.20. The van der Waals surface area contributed by atoms with Crippen LogP contribution in [0.4, 0.5) is 0 Å². The van der Waals surface area contributed by atoms with Crippen molar-refractivity contribution < 1.29 is 14.3 Å². The molecule has 2 aliphatic rings. The molecule has 3 atom stereocenters. The smallest absolute Gasteiger partial charge is 0.272 e. The van der Waals surface area contributed by atoms with Crippen molar-refractivity contribution in [3.05, 3.63) is 18.0 Å². The summed E-state index contributed by atoms with van der Waals surface area (Å²) in [5, 5.41) is 10.7. The predicted molar refractivity (Wildman–Crippen MR) is 92.7 cm³/mol. The molecular weight excluding hydrogens is 332 g/mol. The van der Waals surface area contributed by atoms with E-state index in [0.717, 1.165) is 39.0 Å². The number of halogens is 1. The van der Waals surface area contributed by atoms with Gasteiger partial charge < -0.3 is 20.1 Å². The summed E-state index contributed by atoms with van der Waals surface area (Å²) in [6.45, 7) is 5.83. The largest absolute Gasteiger partial charge is 0.379 e. The van der Waals surface area contributed by atoms with Crippen molar-refractivity contribution >= 4 is 18.3 Å². The topological polar surface area (TPSA) is 77.4 Å². The van der Waals surface area contributed by atoms with Crippen molar-refractivity contribution in [1.29, 1.82) is 0 Å². The number of hydrogen-bond donors (Lipinski definition) is 2. The second-order valence-corrected chi connectivity index (χ2v) is 6.37. The van der Waals surface area contributed by atoms with E-state index in [1.165, 1.54) is 0 Å². The van der Waals surface area contributed by atoms with E-state index in [4.69, 9.17) is 9.47 Å². The van der Waals surface area contributed by atoms with Crippen LogP contribution in [-0.4, -0.2) is 60.7 Å². The van der Waals surface area contributed by atoms with Gasteiger partial charge in [-0.15, -0.1) is 12.4 Å². The van der Waals surface area contributed by atoms with Gasteiger partial charge in [-0.25, -0.2) is 0 Å². The molecule has 3 unspecified atom stereocenters. The number of hydrogen-bond acceptors (Lipinski definition) is 5. The number of amides is 1. The van der Waals surface area contributed by atoms with Crippen molar-refractivity contribution in [2.45, 2.75) is 44.4 Å². The maximum absolute atomic E-state index is 12.3. The Morgan fingerprint density at radius 3 is 3.17 bits per heavy atom. The number of piperidine rings is 1. The van der Waals surface area contributed by atoms with E-state index >= 15 is 0 Å². The SMILES string of the molecule is CC(COC1CCOC1)NC(=O)c1ccn(C2CCCNC2)n1.Cl. The number of nitrogens with one attached hydrogen (secondary N) is 2. The number of carbonyl (C=O) groups is 1. The first kappa shape index (κ1) is 19.2. The lowest BCUT2D eigenvalue weighted by Crippen LogP contribution is -2.37. The maximum Gasteiger partial charge on any atom is 0.272 e. The molecule has 0 saturated carbocycles. The number of carbonyl (C=O) groups excluding carboxylic acids is 1. The van der Waals surface area contributed by atoms with Crippen molar-refractivity contribution in [2.75, 3.05) is 32.9 Å². The van der Waals surface area contributed by atoms with E-state index in [2.05, 4.69) is 15.7 Å². The molecule has 2 N–H and O–H groups in total. The molecule has 2 saturated heterocycles. The van der Waals surface area contributed by atoms with Crippen molar-refractivity contribution in [3.63, 3.8) is 0 Å². The van der Waals surface area contributed by atoms with E-state index in [1.807, 2.05) is 17.8 Å². The van der Waals surface area contributed by atoms with Crippen LogP contribution >= 0.6 is 12.4 Å². The lowest BCUT2D eigenvalue weighted by Gasteiger charge is -2.22. The third-order valence-electron chi connectivity index (χ3n) is 4.33. The lowest BCUT2D eigenvalue weighted by molar-refractivity contribution is 0.0318. The average molecular weight is 359 g/mol. The number of ether oxygens (including phenoxy) is 2. The number of aromatic nitrogens is 2. The van der Waals surface area contributed by atoms with E-state index in [-0.39, 0.29) is 30.5 Å². The van der Waals surface area contributed by atoms with E-state index in [0.29, 0.717) is 24.9 Å². The minimum absolute atomic E-state index is 0. The minimum atomic E-state index is -0.147. The Hall–Kier alpha value is -1.15. The highest BCUT2D eigenvalue weighted by Crippen LogP contribution is 2.15. The van der Waals surface area contributed by atoms with Gasteiger partial charge in [-0.1, -0.05) is 0 Å². The van der Waals surface area contributed by atoms with Gasteiger partial charge in [-0.2, -0.15) is 5.10 Å². The minimum Gasteiger partial charge on any atom is -0.379 e. The summed E-state index contributed by atoms with van der Waals surface area (Å²) in [5.74, 6) is -0.147. The molecule has 0 aliphatic carbocycles. The van der Waals surface area contributed by atoms with Gasteiger partial charge in [0, 0.05) is 25.4 Å². The van der Waals surface area contributed by atoms with Gasteiger partial charge in [0.15, 0.2) is 0 Å². The molecule has 0 radical (unpaired) electrons. The van der Waals surface area contributed by atoms with E-state index in [9.17, 15) is 4.79 Å². The van der Waals surface area contributed by atoms with Gasteiger partial charge >= 0.3 is 0 Å². The quantitative estimate of drug-likeness (QED) is 0.797. The molecule has 24 heavy (non-hydrogen) atoms. The van der Waals surface area contributed by atoms with Crippen molar-refractivity contribution in [2.24, 2.45) is 0 Å². The fraction of sp³-hybridized carbons (Fsp3) is 0.750. The summed E-state index contributed by atoms with van der Waals surface area (Å²) in [6, 6.07) is 2.07. The fourth-order valence-electron chi connectivity index (χ4n) is 2.99. The Balaban J connectivity index is 0.00000208. The summed E-state index contributed by atoms with van der Waals surface area (Å²) < 4.78 is 12.9. The Morgan fingerprint density at radius 2 is 2.46 bits per heavy atom. The van der Waals surface area contributed by atoms with Gasteiger partial charge in [-0.3, -0.25) is 9.48 Å². The zero-order valence-corrected chi connectivity index (χ0v) is 14.9. The molecule has 3 rings (SSSR count). The first-order chi connectivity index (χ1) is 11.2. The van der Waals surface area contributed by atoms with Gasteiger partial charge in [0.05, 0.1) is 25.4 Å². The molecule has 136 valence electrons. The zero-order valence-electron chi connectivity index (χ0n) is 14.1. The lowest BCUT2D eigenvalue weighted by atomic mass is 10.1. The first-order valence-corrected chi connectivity index (χ1v) is 8.48. The normalized spacial score (nSPS) is 25.0. The van der Waals surface area contributed by atoms with Gasteiger partial charge in [-0.05, 0) is 38.8 Å². The Bertz CT molecular complexity index is 513. The molecule has 1 aromatic rings. The number of nitrogens with zero attached hydrogens (tertiary/aromatic N) is 2. The third-order valence-corrected chi connectivity index (χ3v) is 4.33. The highest BCUT2D eigenvalue weighted by atomic mass is 35.5. The highest BCUT2D eigenvalue weighted by molar-refractivity contribution is 5.92. The summed E-state index contributed by atoms with van der Waals surface area (Å²) in [7, 11) is 0. The van der Waals surface area contributed by atoms with E-state index in [1.54, 1.807) is 6.07 Å². The molecule has 2 aliphatic heterocycles. The van der Waals surface area contributed by atoms with Gasteiger partial charge in [0.1, 0.15) is 5.69 Å². The van der Waals surface area contributed by atoms with E-state index < -0.39 is 0 Å². The molecule has 0 aromatic carbocycles. The Kier molecular flexibility index (Phi) is 7.48. The molecule has 0 spiro atoms.